The molecule has 5 heteroatoms. The van der Waals surface area contributed by atoms with Crippen molar-refractivity contribution < 1.29 is 14.0 Å². The Hall–Kier alpha value is -1.91. The Bertz CT molecular complexity index is 471. The van der Waals surface area contributed by atoms with Crippen molar-refractivity contribution in [3.8, 4) is 0 Å². The van der Waals surface area contributed by atoms with Crippen LogP contribution in [-0.4, -0.2) is 29.8 Å². The van der Waals surface area contributed by atoms with Crippen LogP contribution >= 0.6 is 0 Å². The molecule has 0 spiro atoms. The molecule has 0 aromatic heterocycles. The Morgan fingerprint density at radius 2 is 1.75 bits per heavy atom. The predicted molar refractivity (Wildman–Crippen MR) is 75.3 cm³/mol. The van der Waals surface area contributed by atoms with Crippen molar-refractivity contribution in [2.75, 3.05) is 7.05 Å². The summed E-state index contributed by atoms with van der Waals surface area (Å²) in [5, 5.41) is 2.54. The standard InChI is InChI=1S/C15H21FN2O2/c1-10(2)15(20)18(11(3)14(19)17-4)9-12-5-7-13(16)8-6-12/h5-8,10-11H,9H2,1-4H3,(H,17,19)/t11-/m0/s1. The lowest BCUT2D eigenvalue weighted by Crippen LogP contribution is -2.48. The van der Waals surface area contributed by atoms with Crippen molar-refractivity contribution in [3.63, 3.8) is 0 Å². The first-order valence-electron chi connectivity index (χ1n) is 6.63. The van der Waals surface area contributed by atoms with Gasteiger partial charge in [-0.05, 0) is 24.6 Å². The van der Waals surface area contributed by atoms with Crippen molar-refractivity contribution in [1.29, 1.82) is 0 Å². The molecule has 0 saturated heterocycles. The summed E-state index contributed by atoms with van der Waals surface area (Å²) in [4.78, 5) is 25.5. The number of likely N-dealkylation sites (N-methyl/N-ethyl adjacent to an activating group) is 1. The van der Waals surface area contributed by atoms with Crippen molar-refractivity contribution in [2.24, 2.45) is 5.92 Å². The van der Waals surface area contributed by atoms with Crippen LogP contribution in [0.2, 0.25) is 0 Å². The van der Waals surface area contributed by atoms with Crippen LogP contribution in [0.3, 0.4) is 0 Å². The number of carbonyl (C=O) groups excluding carboxylic acids is 2. The molecule has 0 fully saturated rings. The molecular weight excluding hydrogens is 259 g/mol. The van der Waals surface area contributed by atoms with Crippen LogP contribution in [0, 0.1) is 11.7 Å². The number of benzene rings is 1. The molecule has 110 valence electrons. The smallest absolute Gasteiger partial charge is 0.242 e. The zero-order valence-electron chi connectivity index (χ0n) is 12.3. The summed E-state index contributed by atoms with van der Waals surface area (Å²) in [5.41, 5.74) is 0.788. The van der Waals surface area contributed by atoms with Crippen LogP contribution in [0.15, 0.2) is 24.3 Å². The molecular formula is C15H21FN2O2. The van der Waals surface area contributed by atoms with E-state index in [-0.39, 0.29) is 30.1 Å². The van der Waals surface area contributed by atoms with Gasteiger partial charge in [0, 0.05) is 19.5 Å². The molecule has 20 heavy (non-hydrogen) atoms. The highest BCUT2D eigenvalue weighted by molar-refractivity contribution is 5.87. The largest absolute Gasteiger partial charge is 0.357 e. The van der Waals surface area contributed by atoms with E-state index in [1.54, 1.807) is 32.9 Å². The topological polar surface area (TPSA) is 49.4 Å². The zero-order valence-corrected chi connectivity index (χ0v) is 12.3. The SMILES string of the molecule is CNC(=O)[C@H](C)N(Cc1ccc(F)cc1)C(=O)C(C)C. The van der Waals surface area contributed by atoms with Crippen LogP contribution in [0.5, 0.6) is 0 Å². The van der Waals surface area contributed by atoms with E-state index in [0.29, 0.717) is 0 Å². The second-order valence-corrected chi connectivity index (χ2v) is 5.04. The first kappa shape index (κ1) is 16.1. The van der Waals surface area contributed by atoms with E-state index in [9.17, 15) is 14.0 Å². The van der Waals surface area contributed by atoms with E-state index in [1.807, 2.05) is 0 Å². The van der Waals surface area contributed by atoms with Gasteiger partial charge in [-0.2, -0.15) is 0 Å². The second kappa shape index (κ2) is 7.03. The fraction of sp³-hybridized carbons (Fsp3) is 0.467. The molecule has 0 saturated carbocycles. The van der Waals surface area contributed by atoms with Crippen LogP contribution in [0.1, 0.15) is 26.3 Å². The Morgan fingerprint density at radius 1 is 1.20 bits per heavy atom. The first-order valence-corrected chi connectivity index (χ1v) is 6.63. The Kier molecular flexibility index (Phi) is 5.67. The third-order valence-corrected chi connectivity index (χ3v) is 3.14. The van der Waals surface area contributed by atoms with Gasteiger partial charge in [0.15, 0.2) is 0 Å². The van der Waals surface area contributed by atoms with Crippen LogP contribution in [-0.2, 0) is 16.1 Å². The third kappa shape index (κ3) is 4.05. The van der Waals surface area contributed by atoms with Gasteiger partial charge in [0.1, 0.15) is 11.9 Å². The number of nitrogens with one attached hydrogen (secondary N) is 1. The zero-order chi connectivity index (χ0) is 15.3. The molecule has 0 aliphatic heterocycles. The van der Waals surface area contributed by atoms with E-state index < -0.39 is 6.04 Å². The Labute approximate surface area is 119 Å². The average Bonchev–Trinajstić information content (AvgIpc) is 2.44. The number of hydrogen-bond donors (Lipinski definition) is 1. The highest BCUT2D eigenvalue weighted by Gasteiger charge is 2.26. The van der Waals surface area contributed by atoms with E-state index in [2.05, 4.69) is 5.32 Å². The van der Waals surface area contributed by atoms with Gasteiger partial charge in [0.2, 0.25) is 11.8 Å². The van der Waals surface area contributed by atoms with Gasteiger partial charge < -0.3 is 10.2 Å². The Morgan fingerprint density at radius 3 is 2.20 bits per heavy atom. The van der Waals surface area contributed by atoms with Gasteiger partial charge in [0.05, 0.1) is 0 Å². The molecule has 2 amide bonds. The van der Waals surface area contributed by atoms with Crippen molar-refractivity contribution in [2.45, 2.75) is 33.4 Å². The fourth-order valence-electron chi connectivity index (χ4n) is 1.87. The summed E-state index contributed by atoms with van der Waals surface area (Å²) in [6.07, 6.45) is 0. The molecule has 4 nitrogen and oxygen atoms in total. The number of hydrogen-bond acceptors (Lipinski definition) is 2. The number of halogens is 1. The van der Waals surface area contributed by atoms with Gasteiger partial charge >= 0.3 is 0 Å². The molecule has 1 aromatic rings. The molecule has 1 rings (SSSR count). The maximum atomic E-state index is 12.9. The van der Waals surface area contributed by atoms with Gasteiger partial charge in [-0.1, -0.05) is 26.0 Å². The van der Waals surface area contributed by atoms with E-state index in [0.717, 1.165) is 5.56 Å². The fourth-order valence-corrected chi connectivity index (χ4v) is 1.87. The van der Waals surface area contributed by atoms with Crippen molar-refractivity contribution in [1.82, 2.24) is 10.2 Å². The predicted octanol–water partition coefficient (Wildman–Crippen LogP) is 1.94. The van der Waals surface area contributed by atoms with E-state index in [4.69, 9.17) is 0 Å². The van der Waals surface area contributed by atoms with E-state index >= 15 is 0 Å². The summed E-state index contributed by atoms with van der Waals surface area (Å²) in [7, 11) is 1.54. The van der Waals surface area contributed by atoms with Gasteiger partial charge in [-0.25, -0.2) is 4.39 Å². The quantitative estimate of drug-likeness (QED) is 0.896. The monoisotopic (exact) mass is 280 g/mol. The summed E-state index contributed by atoms with van der Waals surface area (Å²) in [6.45, 7) is 5.54. The van der Waals surface area contributed by atoms with Crippen LogP contribution < -0.4 is 5.32 Å². The van der Waals surface area contributed by atoms with Crippen LogP contribution in [0.4, 0.5) is 4.39 Å². The average molecular weight is 280 g/mol. The van der Waals surface area contributed by atoms with Gasteiger partial charge in [0.25, 0.3) is 0 Å². The van der Waals surface area contributed by atoms with Gasteiger partial charge in [-0.3, -0.25) is 9.59 Å². The number of nitrogens with zero attached hydrogens (tertiary/aromatic N) is 1. The highest BCUT2D eigenvalue weighted by Crippen LogP contribution is 2.13. The van der Waals surface area contributed by atoms with Crippen molar-refractivity contribution >= 4 is 11.8 Å². The normalized spacial score (nSPS) is 12.1. The molecule has 1 N–H and O–H groups in total. The minimum Gasteiger partial charge on any atom is -0.357 e. The number of rotatable bonds is 5. The van der Waals surface area contributed by atoms with Crippen LogP contribution in [0.25, 0.3) is 0 Å². The highest BCUT2D eigenvalue weighted by atomic mass is 19.1. The number of carbonyl (C=O) groups is 2. The summed E-state index contributed by atoms with van der Waals surface area (Å²) >= 11 is 0. The van der Waals surface area contributed by atoms with Gasteiger partial charge in [-0.15, -0.1) is 0 Å². The lowest BCUT2D eigenvalue weighted by molar-refractivity contribution is -0.142. The maximum absolute atomic E-state index is 12.9. The molecule has 1 atom stereocenters. The molecule has 0 heterocycles. The number of amides is 2. The third-order valence-electron chi connectivity index (χ3n) is 3.14. The molecule has 1 aromatic carbocycles. The summed E-state index contributed by atoms with van der Waals surface area (Å²) < 4.78 is 12.9. The lowest BCUT2D eigenvalue weighted by Gasteiger charge is -2.29. The summed E-state index contributed by atoms with van der Waals surface area (Å²) in [5.74, 6) is -0.857. The minimum atomic E-state index is -0.569. The second-order valence-electron chi connectivity index (χ2n) is 5.04. The summed E-state index contributed by atoms with van der Waals surface area (Å²) in [6, 6.07) is 5.36. The molecule has 0 radical (unpaired) electrons. The molecule has 0 bridgehead atoms. The molecule has 0 unspecified atom stereocenters. The molecule has 0 aliphatic rings. The maximum Gasteiger partial charge on any atom is 0.242 e. The first-order chi connectivity index (χ1) is 9.36. The van der Waals surface area contributed by atoms with Crippen molar-refractivity contribution in [3.05, 3.63) is 35.6 Å². The molecule has 0 aliphatic carbocycles. The Balaban J connectivity index is 2.96. The minimum absolute atomic E-state index is 0.106. The lowest BCUT2D eigenvalue weighted by atomic mass is 10.1. The van der Waals surface area contributed by atoms with E-state index in [1.165, 1.54) is 24.1 Å².